The first-order chi connectivity index (χ1) is 10.6. The normalized spacial score (nSPS) is 10.1. The van der Waals surface area contributed by atoms with E-state index in [1.807, 2.05) is 29.2 Å². The van der Waals surface area contributed by atoms with E-state index in [4.69, 9.17) is 0 Å². The van der Waals surface area contributed by atoms with Gasteiger partial charge in [-0.1, -0.05) is 13.8 Å². The summed E-state index contributed by atoms with van der Waals surface area (Å²) in [7, 11) is 0. The van der Waals surface area contributed by atoms with E-state index in [1.165, 1.54) is 6.92 Å². The predicted octanol–water partition coefficient (Wildman–Crippen LogP) is 3.10. The number of carbonyl (C=O) groups excluding carboxylic acids is 2. The van der Waals surface area contributed by atoms with Gasteiger partial charge in [-0.25, -0.2) is 0 Å². The zero-order valence-electron chi connectivity index (χ0n) is 13.8. The van der Waals surface area contributed by atoms with E-state index < -0.39 is 0 Å². The SMILES string of the molecule is CCCN(CCC)C(=O)CCNc1ccc(NC(C)=O)cc1. The van der Waals surface area contributed by atoms with Gasteiger partial charge < -0.3 is 15.5 Å². The molecule has 0 saturated heterocycles. The maximum Gasteiger partial charge on any atom is 0.224 e. The molecule has 0 saturated carbocycles. The van der Waals surface area contributed by atoms with Crippen LogP contribution in [0.3, 0.4) is 0 Å². The van der Waals surface area contributed by atoms with Gasteiger partial charge >= 0.3 is 0 Å². The number of amides is 2. The van der Waals surface area contributed by atoms with Crippen molar-refractivity contribution in [2.45, 2.75) is 40.0 Å². The molecular formula is C17H27N3O2. The number of carbonyl (C=O) groups is 2. The van der Waals surface area contributed by atoms with Crippen LogP contribution in [-0.2, 0) is 9.59 Å². The van der Waals surface area contributed by atoms with Crippen LogP contribution in [0.5, 0.6) is 0 Å². The first-order valence-corrected chi connectivity index (χ1v) is 7.96. The summed E-state index contributed by atoms with van der Waals surface area (Å²) in [4.78, 5) is 25.0. The van der Waals surface area contributed by atoms with Crippen molar-refractivity contribution in [3.05, 3.63) is 24.3 Å². The summed E-state index contributed by atoms with van der Waals surface area (Å²) in [6, 6.07) is 7.47. The summed E-state index contributed by atoms with van der Waals surface area (Å²) in [6.07, 6.45) is 2.47. The van der Waals surface area contributed by atoms with E-state index in [1.54, 1.807) is 0 Å². The second-order valence-electron chi connectivity index (χ2n) is 5.32. The van der Waals surface area contributed by atoms with Gasteiger partial charge in [-0.15, -0.1) is 0 Å². The summed E-state index contributed by atoms with van der Waals surface area (Å²) in [5.74, 6) is 0.115. The van der Waals surface area contributed by atoms with Gasteiger partial charge in [0.2, 0.25) is 11.8 Å². The fourth-order valence-corrected chi connectivity index (χ4v) is 2.25. The number of anilines is 2. The van der Waals surface area contributed by atoms with Gasteiger partial charge in [0.1, 0.15) is 0 Å². The minimum atomic E-state index is -0.0850. The molecule has 0 atom stereocenters. The highest BCUT2D eigenvalue weighted by molar-refractivity contribution is 5.88. The number of nitrogens with zero attached hydrogens (tertiary/aromatic N) is 1. The van der Waals surface area contributed by atoms with Gasteiger partial charge in [0.05, 0.1) is 0 Å². The molecule has 1 aromatic rings. The van der Waals surface area contributed by atoms with Crippen molar-refractivity contribution in [2.75, 3.05) is 30.3 Å². The second kappa shape index (κ2) is 9.82. The van der Waals surface area contributed by atoms with E-state index >= 15 is 0 Å². The van der Waals surface area contributed by atoms with E-state index in [-0.39, 0.29) is 11.8 Å². The first kappa shape index (κ1) is 18.0. The highest BCUT2D eigenvalue weighted by atomic mass is 16.2. The van der Waals surface area contributed by atoms with Crippen molar-refractivity contribution >= 4 is 23.2 Å². The van der Waals surface area contributed by atoms with Crippen LogP contribution in [0.2, 0.25) is 0 Å². The van der Waals surface area contributed by atoms with Crippen LogP contribution in [0, 0.1) is 0 Å². The van der Waals surface area contributed by atoms with Gasteiger partial charge in [-0.05, 0) is 37.1 Å². The summed E-state index contributed by atoms with van der Waals surface area (Å²) in [5, 5.41) is 5.96. The third-order valence-corrected chi connectivity index (χ3v) is 3.21. The number of nitrogens with one attached hydrogen (secondary N) is 2. The Morgan fingerprint density at radius 3 is 2.05 bits per heavy atom. The molecule has 0 radical (unpaired) electrons. The molecule has 2 N–H and O–H groups in total. The van der Waals surface area contributed by atoms with Crippen molar-refractivity contribution in [2.24, 2.45) is 0 Å². The minimum absolute atomic E-state index is 0.0850. The molecule has 0 aliphatic carbocycles. The predicted molar refractivity (Wildman–Crippen MR) is 91.0 cm³/mol. The molecule has 5 heteroatoms. The zero-order valence-corrected chi connectivity index (χ0v) is 13.8. The van der Waals surface area contributed by atoms with Crippen LogP contribution in [-0.4, -0.2) is 36.3 Å². The van der Waals surface area contributed by atoms with Crippen LogP contribution >= 0.6 is 0 Å². The lowest BCUT2D eigenvalue weighted by Gasteiger charge is -2.21. The van der Waals surface area contributed by atoms with E-state index in [9.17, 15) is 9.59 Å². The van der Waals surface area contributed by atoms with Crippen LogP contribution in [0.1, 0.15) is 40.0 Å². The molecule has 0 spiro atoms. The van der Waals surface area contributed by atoms with E-state index in [0.717, 1.165) is 37.3 Å². The number of hydrogen-bond donors (Lipinski definition) is 2. The smallest absolute Gasteiger partial charge is 0.224 e. The molecule has 0 bridgehead atoms. The Kier molecular flexibility index (Phi) is 8.04. The summed E-state index contributed by atoms with van der Waals surface area (Å²) in [6.45, 7) is 7.93. The Labute approximate surface area is 133 Å². The van der Waals surface area contributed by atoms with Gasteiger partial charge in [-0.2, -0.15) is 0 Å². The maximum absolute atomic E-state index is 12.1. The van der Waals surface area contributed by atoms with Crippen LogP contribution in [0.15, 0.2) is 24.3 Å². The quantitative estimate of drug-likeness (QED) is 0.737. The summed E-state index contributed by atoms with van der Waals surface area (Å²) >= 11 is 0. The van der Waals surface area contributed by atoms with Crippen molar-refractivity contribution < 1.29 is 9.59 Å². The van der Waals surface area contributed by atoms with Crippen LogP contribution in [0.4, 0.5) is 11.4 Å². The van der Waals surface area contributed by atoms with Gasteiger partial charge in [-0.3, -0.25) is 9.59 Å². The molecule has 22 heavy (non-hydrogen) atoms. The molecule has 0 unspecified atom stereocenters. The van der Waals surface area contributed by atoms with Crippen molar-refractivity contribution in [1.29, 1.82) is 0 Å². The van der Waals surface area contributed by atoms with Gasteiger partial charge in [0, 0.05) is 44.4 Å². The molecule has 5 nitrogen and oxygen atoms in total. The summed E-state index contributed by atoms with van der Waals surface area (Å²) in [5.41, 5.74) is 1.71. The molecule has 0 aliphatic rings. The second-order valence-corrected chi connectivity index (χ2v) is 5.32. The highest BCUT2D eigenvalue weighted by Gasteiger charge is 2.10. The molecule has 0 aliphatic heterocycles. The fraction of sp³-hybridized carbons (Fsp3) is 0.529. The molecule has 122 valence electrons. The zero-order chi connectivity index (χ0) is 16.4. The van der Waals surface area contributed by atoms with Crippen molar-refractivity contribution in [3.63, 3.8) is 0 Å². The largest absolute Gasteiger partial charge is 0.385 e. The number of hydrogen-bond acceptors (Lipinski definition) is 3. The first-order valence-electron chi connectivity index (χ1n) is 7.96. The fourth-order valence-electron chi connectivity index (χ4n) is 2.25. The maximum atomic E-state index is 12.1. The monoisotopic (exact) mass is 305 g/mol. The molecular weight excluding hydrogens is 278 g/mol. The third kappa shape index (κ3) is 6.61. The Bertz CT molecular complexity index is 465. The minimum Gasteiger partial charge on any atom is -0.385 e. The van der Waals surface area contributed by atoms with Gasteiger partial charge in [0.25, 0.3) is 0 Å². The van der Waals surface area contributed by atoms with Crippen LogP contribution < -0.4 is 10.6 Å². The Hall–Kier alpha value is -2.04. The number of rotatable bonds is 9. The summed E-state index contributed by atoms with van der Waals surface area (Å²) < 4.78 is 0. The topological polar surface area (TPSA) is 61.4 Å². The van der Waals surface area contributed by atoms with Crippen molar-refractivity contribution in [1.82, 2.24) is 4.90 Å². The average molecular weight is 305 g/mol. The molecule has 0 fully saturated rings. The Morgan fingerprint density at radius 1 is 1.00 bits per heavy atom. The molecule has 2 amide bonds. The Balaban J connectivity index is 2.39. The van der Waals surface area contributed by atoms with E-state index in [0.29, 0.717) is 13.0 Å². The standard InChI is InChI=1S/C17H27N3O2/c1-4-12-20(13-5-2)17(22)10-11-18-15-6-8-16(9-7-15)19-14(3)21/h6-9,18H,4-5,10-13H2,1-3H3,(H,19,21). The third-order valence-electron chi connectivity index (χ3n) is 3.21. The molecule has 0 aromatic heterocycles. The van der Waals surface area contributed by atoms with Crippen LogP contribution in [0.25, 0.3) is 0 Å². The van der Waals surface area contributed by atoms with Crippen molar-refractivity contribution in [3.8, 4) is 0 Å². The lowest BCUT2D eigenvalue weighted by Crippen LogP contribution is -2.33. The molecule has 1 aromatic carbocycles. The molecule has 0 heterocycles. The average Bonchev–Trinajstić information content (AvgIpc) is 2.48. The van der Waals surface area contributed by atoms with E-state index in [2.05, 4.69) is 24.5 Å². The lowest BCUT2D eigenvalue weighted by atomic mass is 10.2. The number of benzene rings is 1. The lowest BCUT2D eigenvalue weighted by molar-refractivity contribution is -0.131. The molecule has 1 rings (SSSR count). The highest BCUT2D eigenvalue weighted by Crippen LogP contribution is 2.13. The van der Waals surface area contributed by atoms with Gasteiger partial charge in [0.15, 0.2) is 0 Å². The Morgan fingerprint density at radius 2 is 1.55 bits per heavy atom.